The third-order valence-electron chi connectivity index (χ3n) is 3.30. The van der Waals surface area contributed by atoms with Crippen LogP contribution in [0.1, 0.15) is 5.01 Å². The Balaban J connectivity index is 1.84. The fourth-order valence-corrected chi connectivity index (χ4v) is 2.97. The third-order valence-corrected chi connectivity index (χ3v) is 4.43. The molecule has 0 aliphatic heterocycles. The Bertz CT molecular complexity index is 975. The van der Waals surface area contributed by atoms with Gasteiger partial charge in [0.2, 0.25) is 0 Å². The molecule has 3 rings (SSSR count). The minimum Gasteiger partial charge on any atom is -0.358 e. The van der Waals surface area contributed by atoms with Gasteiger partial charge in [-0.3, -0.25) is 0 Å². The van der Waals surface area contributed by atoms with Crippen LogP contribution in [0.2, 0.25) is 5.02 Å². The highest BCUT2D eigenvalue weighted by Gasteiger charge is 2.10. The van der Waals surface area contributed by atoms with Crippen LogP contribution in [-0.2, 0) is 0 Å². The standard InChI is InChI=1S/C18H10ClF2N3S/c19-13-3-1-11(2-4-13)17-10-25-18(24-17)12(8-22)9-23-16-6-5-14(20)7-15(16)21/h1-7,9-10,23H. The molecule has 0 saturated carbocycles. The van der Waals surface area contributed by atoms with Crippen molar-refractivity contribution in [1.82, 2.24) is 4.98 Å². The van der Waals surface area contributed by atoms with Crippen LogP contribution in [0.4, 0.5) is 14.5 Å². The number of nitrogens with one attached hydrogen (secondary N) is 1. The van der Waals surface area contributed by atoms with Gasteiger partial charge >= 0.3 is 0 Å². The summed E-state index contributed by atoms with van der Waals surface area (Å²) < 4.78 is 26.5. The minimum absolute atomic E-state index is 0.0728. The first-order valence-corrected chi connectivity index (χ1v) is 8.36. The summed E-state index contributed by atoms with van der Waals surface area (Å²) in [6.45, 7) is 0. The van der Waals surface area contributed by atoms with E-state index in [2.05, 4.69) is 10.3 Å². The van der Waals surface area contributed by atoms with Crippen LogP contribution in [0.15, 0.2) is 54.0 Å². The number of rotatable bonds is 4. The molecule has 1 N–H and O–H groups in total. The van der Waals surface area contributed by atoms with Crippen molar-refractivity contribution in [3.05, 3.63) is 75.7 Å². The molecule has 0 fully saturated rings. The molecule has 0 radical (unpaired) electrons. The van der Waals surface area contributed by atoms with Crippen LogP contribution in [-0.4, -0.2) is 4.98 Å². The van der Waals surface area contributed by atoms with Crippen molar-refractivity contribution in [2.75, 3.05) is 5.32 Å². The molecule has 0 atom stereocenters. The molecule has 3 nitrogen and oxygen atoms in total. The maximum atomic E-state index is 13.6. The molecule has 0 amide bonds. The average molecular weight is 374 g/mol. The predicted molar refractivity (Wildman–Crippen MR) is 96.1 cm³/mol. The van der Waals surface area contributed by atoms with E-state index in [1.165, 1.54) is 23.6 Å². The van der Waals surface area contributed by atoms with Gasteiger partial charge in [0, 0.05) is 28.2 Å². The minimum atomic E-state index is -0.741. The van der Waals surface area contributed by atoms with Gasteiger partial charge in [0.1, 0.15) is 28.3 Å². The molecule has 1 aromatic heterocycles. The van der Waals surface area contributed by atoms with Gasteiger partial charge in [0.05, 0.1) is 11.4 Å². The van der Waals surface area contributed by atoms with Crippen molar-refractivity contribution in [3.63, 3.8) is 0 Å². The van der Waals surface area contributed by atoms with Gasteiger partial charge in [-0.2, -0.15) is 5.26 Å². The van der Waals surface area contributed by atoms with Gasteiger partial charge in [0.15, 0.2) is 0 Å². The molecule has 0 bridgehead atoms. The Kier molecular flexibility index (Phi) is 5.08. The van der Waals surface area contributed by atoms with Crippen LogP contribution in [0, 0.1) is 23.0 Å². The van der Waals surface area contributed by atoms with E-state index >= 15 is 0 Å². The highest BCUT2D eigenvalue weighted by molar-refractivity contribution is 7.11. The van der Waals surface area contributed by atoms with E-state index in [9.17, 15) is 14.0 Å². The fraction of sp³-hybridized carbons (Fsp3) is 0. The Labute approximate surface area is 151 Å². The van der Waals surface area contributed by atoms with Crippen molar-refractivity contribution < 1.29 is 8.78 Å². The molecule has 124 valence electrons. The van der Waals surface area contributed by atoms with Crippen molar-refractivity contribution in [3.8, 4) is 17.3 Å². The second kappa shape index (κ2) is 7.43. The maximum absolute atomic E-state index is 13.6. The zero-order valence-corrected chi connectivity index (χ0v) is 14.2. The average Bonchev–Trinajstić information content (AvgIpc) is 3.07. The summed E-state index contributed by atoms with van der Waals surface area (Å²) in [7, 11) is 0. The summed E-state index contributed by atoms with van der Waals surface area (Å²) >= 11 is 7.16. The SMILES string of the molecule is N#CC(=CNc1ccc(F)cc1F)c1nc(-c2ccc(Cl)cc2)cs1. The first-order valence-electron chi connectivity index (χ1n) is 7.10. The van der Waals surface area contributed by atoms with Crippen LogP contribution in [0.5, 0.6) is 0 Å². The summed E-state index contributed by atoms with van der Waals surface area (Å²) in [6.07, 6.45) is 1.35. The Hall–Kier alpha value is -2.75. The van der Waals surface area contributed by atoms with Gasteiger partial charge < -0.3 is 5.32 Å². The molecule has 0 spiro atoms. The van der Waals surface area contributed by atoms with E-state index in [4.69, 9.17) is 11.6 Å². The van der Waals surface area contributed by atoms with Gasteiger partial charge in [-0.25, -0.2) is 13.8 Å². The number of allylic oxidation sites excluding steroid dienone is 1. The van der Waals surface area contributed by atoms with E-state index in [1.807, 2.05) is 23.6 Å². The molecule has 1 heterocycles. The lowest BCUT2D eigenvalue weighted by molar-refractivity contribution is 0.586. The number of hydrogen-bond donors (Lipinski definition) is 1. The number of halogens is 3. The predicted octanol–water partition coefficient (Wildman–Crippen LogP) is 5.72. The lowest BCUT2D eigenvalue weighted by Gasteiger charge is -2.03. The lowest BCUT2D eigenvalue weighted by atomic mass is 10.2. The summed E-state index contributed by atoms with van der Waals surface area (Å²) in [6, 6.07) is 12.4. The fourth-order valence-electron chi connectivity index (χ4n) is 2.05. The third kappa shape index (κ3) is 4.02. The second-order valence-electron chi connectivity index (χ2n) is 4.98. The summed E-state index contributed by atoms with van der Waals surface area (Å²) in [5.74, 6) is -1.41. The van der Waals surface area contributed by atoms with Crippen LogP contribution in [0.3, 0.4) is 0 Å². The number of benzene rings is 2. The smallest absolute Gasteiger partial charge is 0.149 e. The largest absolute Gasteiger partial charge is 0.358 e. The topological polar surface area (TPSA) is 48.7 Å². The first kappa shape index (κ1) is 17.1. The van der Waals surface area contributed by atoms with E-state index in [1.54, 1.807) is 12.1 Å². The molecule has 25 heavy (non-hydrogen) atoms. The number of thiazole rings is 1. The number of nitrogens with zero attached hydrogens (tertiary/aromatic N) is 2. The van der Waals surface area contributed by atoms with Crippen molar-refractivity contribution in [1.29, 1.82) is 5.26 Å². The molecule has 7 heteroatoms. The molecule has 3 aromatic rings. The van der Waals surface area contributed by atoms with E-state index in [0.29, 0.717) is 15.7 Å². The van der Waals surface area contributed by atoms with Crippen molar-refractivity contribution in [2.24, 2.45) is 0 Å². The monoisotopic (exact) mass is 373 g/mol. The van der Waals surface area contributed by atoms with Crippen LogP contribution < -0.4 is 5.32 Å². The van der Waals surface area contributed by atoms with Crippen LogP contribution >= 0.6 is 22.9 Å². The number of aromatic nitrogens is 1. The first-order chi connectivity index (χ1) is 12.1. The molecule has 0 unspecified atom stereocenters. The zero-order valence-electron chi connectivity index (χ0n) is 12.6. The normalized spacial score (nSPS) is 11.2. The molecular weight excluding hydrogens is 364 g/mol. The molecule has 0 aliphatic carbocycles. The maximum Gasteiger partial charge on any atom is 0.149 e. The molecule has 0 aliphatic rings. The van der Waals surface area contributed by atoms with Crippen molar-refractivity contribution in [2.45, 2.75) is 0 Å². The second-order valence-corrected chi connectivity index (χ2v) is 6.28. The van der Waals surface area contributed by atoms with Gasteiger partial charge in [-0.15, -0.1) is 11.3 Å². The van der Waals surface area contributed by atoms with Crippen LogP contribution in [0.25, 0.3) is 16.8 Å². The Morgan fingerprint density at radius 1 is 1.20 bits per heavy atom. The zero-order chi connectivity index (χ0) is 17.8. The summed E-state index contributed by atoms with van der Waals surface area (Å²) in [5, 5.41) is 14.9. The van der Waals surface area contributed by atoms with E-state index in [-0.39, 0.29) is 11.3 Å². The van der Waals surface area contributed by atoms with E-state index in [0.717, 1.165) is 17.7 Å². The highest BCUT2D eigenvalue weighted by Crippen LogP contribution is 2.27. The Morgan fingerprint density at radius 2 is 1.96 bits per heavy atom. The Morgan fingerprint density at radius 3 is 2.64 bits per heavy atom. The highest BCUT2D eigenvalue weighted by atomic mass is 35.5. The number of hydrogen-bond acceptors (Lipinski definition) is 4. The number of anilines is 1. The summed E-state index contributed by atoms with van der Waals surface area (Å²) in [4.78, 5) is 4.42. The number of nitriles is 1. The van der Waals surface area contributed by atoms with Crippen molar-refractivity contribution >= 4 is 34.2 Å². The lowest BCUT2D eigenvalue weighted by Crippen LogP contribution is -1.94. The molecule has 0 saturated heterocycles. The molecular formula is C18H10ClF2N3S. The van der Waals surface area contributed by atoms with Gasteiger partial charge in [-0.05, 0) is 24.3 Å². The summed E-state index contributed by atoms with van der Waals surface area (Å²) in [5.41, 5.74) is 1.91. The van der Waals surface area contributed by atoms with E-state index < -0.39 is 11.6 Å². The van der Waals surface area contributed by atoms with Gasteiger partial charge in [-0.1, -0.05) is 23.7 Å². The van der Waals surface area contributed by atoms with Gasteiger partial charge in [0.25, 0.3) is 0 Å². The quantitative estimate of drug-likeness (QED) is 0.595. The molecule has 2 aromatic carbocycles.